The van der Waals surface area contributed by atoms with E-state index in [-0.39, 0.29) is 11.5 Å². The van der Waals surface area contributed by atoms with Gasteiger partial charge >= 0.3 is 0 Å². The van der Waals surface area contributed by atoms with Crippen molar-refractivity contribution in [2.75, 3.05) is 30.1 Å². The van der Waals surface area contributed by atoms with Crippen LogP contribution >= 0.6 is 11.8 Å². The van der Waals surface area contributed by atoms with Crippen LogP contribution in [0.25, 0.3) is 0 Å². The topological polar surface area (TPSA) is 60.4 Å². The van der Waals surface area contributed by atoms with Crippen LogP contribution in [-0.2, 0) is 9.84 Å². The highest BCUT2D eigenvalue weighted by Gasteiger charge is 2.07. The molecule has 0 radical (unpaired) electrons. The molecule has 0 N–H and O–H groups in total. The van der Waals surface area contributed by atoms with Crippen LogP contribution < -0.4 is 4.74 Å². The summed E-state index contributed by atoms with van der Waals surface area (Å²) in [7, 11) is -2.89. The minimum atomic E-state index is -2.89. The summed E-state index contributed by atoms with van der Waals surface area (Å²) in [5, 5.41) is 0. The smallest absolute Gasteiger partial charge is 0.163 e. The number of ether oxygens (including phenoxy) is 1. The third-order valence-electron chi connectivity index (χ3n) is 2.35. The first-order chi connectivity index (χ1) is 8.90. The van der Waals surface area contributed by atoms with Gasteiger partial charge in [0.15, 0.2) is 5.78 Å². The standard InChI is InChI=1S/C13H18O4S2/c1-11(14)12-5-3-4-6-13(12)17-7-8-18-9-10-19(2,15)16/h3-6H,7-10H2,1-2H3. The molecule has 1 rings (SSSR count). The van der Waals surface area contributed by atoms with E-state index in [1.54, 1.807) is 18.2 Å². The van der Waals surface area contributed by atoms with Crippen LogP contribution in [0.5, 0.6) is 5.75 Å². The normalized spacial score (nSPS) is 11.3. The molecule has 106 valence electrons. The van der Waals surface area contributed by atoms with Crippen LogP contribution in [-0.4, -0.2) is 44.3 Å². The molecule has 0 aromatic heterocycles. The number of hydrogen-bond donors (Lipinski definition) is 0. The van der Waals surface area contributed by atoms with Gasteiger partial charge in [-0.15, -0.1) is 0 Å². The second-order valence-electron chi connectivity index (χ2n) is 4.14. The first kappa shape index (κ1) is 16.0. The summed E-state index contributed by atoms with van der Waals surface area (Å²) >= 11 is 1.52. The molecule has 0 unspecified atom stereocenters. The number of carbonyl (C=O) groups is 1. The predicted octanol–water partition coefficient (Wildman–Crippen LogP) is 2.05. The Labute approximate surface area is 118 Å². The van der Waals surface area contributed by atoms with E-state index in [2.05, 4.69) is 0 Å². The summed E-state index contributed by atoms with van der Waals surface area (Å²) < 4.78 is 27.4. The van der Waals surface area contributed by atoms with Gasteiger partial charge in [0.1, 0.15) is 15.6 Å². The largest absolute Gasteiger partial charge is 0.492 e. The molecular weight excluding hydrogens is 284 g/mol. The monoisotopic (exact) mass is 302 g/mol. The maximum absolute atomic E-state index is 11.4. The van der Waals surface area contributed by atoms with Gasteiger partial charge in [-0.3, -0.25) is 4.79 Å². The van der Waals surface area contributed by atoms with Gasteiger partial charge < -0.3 is 4.74 Å². The lowest BCUT2D eigenvalue weighted by molar-refractivity contribution is 0.101. The van der Waals surface area contributed by atoms with E-state index in [0.717, 1.165) is 0 Å². The Morgan fingerprint density at radius 1 is 1.26 bits per heavy atom. The molecular formula is C13H18O4S2. The van der Waals surface area contributed by atoms with E-state index < -0.39 is 9.84 Å². The first-order valence-electron chi connectivity index (χ1n) is 5.88. The molecule has 0 bridgehead atoms. The minimum absolute atomic E-state index is 0.0275. The van der Waals surface area contributed by atoms with E-state index >= 15 is 0 Å². The lowest BCUT2D eigenvalue weighted by atomic mass is 10.1. The molecule has 0 saturated heterocycles. The maximum atomic E-state index is 11.4. The summed E-state index contributed by atoms with van der Waals surface area (Å²) in [6, 6.07) is 7.11. The van der Waals surface area contributed by atoms with Gasteiger partial charge in [0.05, 0.1) is 17.9 Å². The molecule has 6 heteroatoms. The third-order valence-corrected chi connectivity index (χ3v) is 4.50. The Morgan fingerprint density at radius 2 is 1.95 bits per heavy atom. The van der Waals surface area contributed by atoms with E-state index in [0.29, 0.717) is 29.4 Å². The van der Waals surface area contributed by atoms with Gasteiger partial charge in [0.2, 0.25) is 0 Å². The lowest BCUT2D eigenvalue weighted by Gasteiger charge is -2.09. The summed E-state index contributed by atoms with van der Waals surface area (Å²) in [5.41, 5.74) is 0.573. The molecule has 19 heavy (non-hydrogen) atoms. The van der Waals surface area contributed by atoms with Crippen molar-refractivity contribution in [1.29, 1.82) is 0 Å². The first-order valence-corrected chi connectivity index (χ1v) is 9.10. The molecule has 1 aromatic rings. The maximum Gasteiger partial charge on any atom is 0.163 e. The molecule has 0 amide bonds. The van der Waals surface area contributed by atoms with Crippen molar-refractivity contribution in [3.63, 3.8) is 0 Å². The number of rotatable bonds is 8. The van der Waals surface area contributed by atoms with Gasteiger partial charge in [-0.2, -0.15) is 11.8 Å². The Bertz CT molecular complexity index is 523. The zero-order valence-corrected chi connectivity index (χ0v) is 12.7. The highest BCUT2D eigenvalue weighted by atomic mass is 32.2. The summed E-state index contributed by atoms with van der Waals surface area (Å²) in [6.07, 6.45) is 1.23. The van der Waals surface area contributed by atoms with Gasteiger partial charge in [-0.25, -0.2) is 8.42 Å². The summed E-state index contributed by atoms with van der Waals surface area (Å²) in [4.78, 5) is 11.4. The second kappa shape index (κ2) is 7.55. The molecule has 0 fully saturated rings. The van der Waals surface area contributed by atoms with E-state index in [1.807, 2.05) is 6.07 Å². The van der Waals surface area contributed by atoms with Gasteiger partial charge in [0, 0.05) is 17.8 Å². The molecule has 0 heterocycles. The average molecular weight is 302 g/mol. The Morgan fingerprint density at radius 3 is 2.58 bits per heavy atom. The zero-order chi connectivity index (χ0) is 14.3. The molecule has 0 aliphatic heterocycles. The van der Waals surface area contributed by atoms with Crippen LogP contribution in [0, 0.1) is 0 Å². The Balaban J connectivity index is 2.32. The van der Waals surface area contributed by atoms with E-state index in [1.165, 1.54) is 24.9 Å². The quantitative estimate of drug-likeness (QED) is 0.543. The van der Waals surface area contributed by atoms with E-state index in [9.17, 15) is 13.2 Å². The second-order valence-corrected chi connectivity index (χ2v) is 7.63. The van der Waals surface area contributed by atoms with Crippen molar-refractivity contribution < 1.29 is 17.9 Å². The minimum Gasteiger partial charge on any atom is -0.492 e. The number of ketones is 1. The summed E-state index contributed by atoms with van der Waals surface area (Å²) in [6.45, 7) is 1.96. The van der Waals surface area contributed by atoms with Gasteiger partial charge in [0.25, 0.3) is 0 Å². The van der Waals surface area contributed by atoms with Crippen molar-refractivity contribution in [2.45, 2.75) is 6.92 Å². The molecule has 0 aliphatic rings. The molecule has 0 saturated carbocycles. The van der Waals surface area contributed by atoms with Crippen LogP contribution in [0.3, 0.4) is 0 Å². The van der Waals surface area contributed by atoms with Crippen molar-refractivity contribution >= 4 is 27.4 Å². The predicted molar refractivity (Wildman–Crippen MR) is 79.0 cm³/mol. The fraction of sp³-hybridized carbons (Fsp3) is 0.462. The van der Waals surface area contributed by atoms with Crippen LogP contribution in [0.2, 0.25) is 0 Å². The average Bonchev–Trinajstić information content (AvgIpc) is 2.32. The Hall–Kier alpha value is -1.01. The number of hydrogen-bond acceptors (Lipinski definition) is 5. The highest BCUT2D eigenvalue weighted by molar-refractivity contribution is 8.00. The van der Waals surface area contributed by atoms with Crippen molar-refractivity contribution in [3.05, 3.63) is 29.8 Å². The number of benzene rings is 1. The SMILES string of the molecule is CC(=O)c1ccccc1OCCSCCS(C)(=O)=O. The number of sulfone groups is 1. The third kappa shape index (κ3) is 6.63. The van der Waals surface area contributed by atoms with Crippen LogP contribution in [0.15, 0.2) is 24.3 Å². The molecule has 0 atom stereocenters. The number of carbonyl (C=O) groups excluding carboxylic acids is 1. The highest BCUT2D eigenvalue weighted by Crippen LogP contribution is 2.18. The van der Waals surface area contributed by atoms with Crippen molar-refractivity contribution in [3.8, 4) is 5.75 Å². The van der Waals surface area contributed by atoms with Crippen LogP contribution in [0.1, 0.15) is 17.3 Å². The fourth-order valence-electron chi connectivity index (χ4n) is 1.41. The lowest BCUT2D eigenvalue weighted by Crippen LogP contribution is -2.08. The number of thioether (sulfide) groups is 1. The van der Waals surface area contributed by atoms with Crippen LogP contribution in [0.4, 0.5) is 0 Å². The molecule has 4 nitrogen and oxygen atoms in total. The van der Waals surface area contributed by atoms with Crippen molar-refractivity contribution in [2.24, 2.45) is 0 Å². The zero-order valence-electron chi connectivity index (χ0n) is 11.1. The number of Topliss-reactive ketones (excluding diaryl/α,β-unsaturated/α-hetero) is 1. The molecule has 0 spiro atoms. The van der Waals surface area contributed by atoms with Gasteiger partial charge in [-0.05, 0) is 19.1 Å². The van der Waals surface area contributed by atoms with E-state index in [4.69, 9.17) is 4.74 Å². The fourth-order valence-corrected chi connectivity index (χ4v) is 3.49. The van der Waals surface area contributed by atoms with Gasteiger partial charge in [-0.1, -0.05) is 12.1 Å². The Kier molecular flexibility index (Phi) is 6.37. The molecule has 1 aromatic carbocycles. The number of para-hydroxylation sites is 1. The molecule has 0 aliphatic carbocycles. The van der Waals surface area contributed by atoms with Crippen molar-refractivity contribution in [1.82, 2.24) is 0 Å². The summed E-state index contributed by atoms with van der Waals surface area (Å²) in [5.74, 6) is 2.00.